The number of ether oxygens (including phenoxy) is 1. The van der Waals surface area contributed by atoms with Gasteiger partial charge >= 0.3 is 11.5 Å². The minimum Gasteiger partial charge on any atom is -0.477 e. The number of hydrogen-bond acceptors (Lipinski definition) is 6. The molecule has 4 aromatic rings. The van der Waals surface area contributed by atoms with E-state index >= 15 is 4.39 Å². The van der Waals surface area contributed by atoms with E-state index in [1.54, 1.807) is 36.4 Å². The molecule has 0 spiro atoms. The summed E-state index contributed by atoms with van der Waals surface area (Å²) >= 11 is 5.25. The van der Waals surface area contributed by atoms with Crippen LogP contribution in [0, 0.1) is 11.6 Å². The number of carboxylic acids is 1. The second kappa shape index (κ2) is 12.8. The van der Waals surface area contributed by atoms with E-state index in [1.807, 2.05) is 4.90 Å². The Balaban J connectivity index is 1.44. The molecule has 46 heavy (non-hydrogen) atoms. The number of pyridine rings is 1. The van der Waals surface area contributed by atoms with Crippen LogP contribution in [0.25, 0.3) is 16.6 Å². The van der Waals surface area contributed by atoms with Gasteiger partial charge in [0, 0.05) is 67.9 Å². The van der Waals surface area contributed by atoms with Gasteiger partial charge in [-0.2, -0.15) is 0 Å². The summed E-state index contributed by atoms with van der Waals surface area (Å²) in [5.74, 6) is -3.72. The summed E-state index contributed by atoms with van der Waals surface area (Å²) in [5, 5.41) is 12.9. The van der Waals surface area contributed by atoms with Crippen LogP contribution >= 0.6 is 11.6 Å². The second-order valence-electron chi connectivity index (χ2n) is 11.5. The van der Waals surface area contributed by atoms with E-state index in [-0.39, 0.29) is 24.3 Å². The van der Waals surface area contributed by atoms with Crippen LogP contribution in [-0.2, 0) is 6.54 Å². The number of rotatable bonds is 9. The van der Waals surface area contributed by atoms with E-state index in [0.717, 1.165) is 36.4 Å². The Morgan fingerprint density at radius 3 is 2.17 bits per heavy atom. The van der Waals surface area contributed by atoms with Gasteiger partial charge in [0.2, 0.25) is 5.43 Å². The van der Waals surface area contributed by atoms with Crippen LogP contribution < -0.4 is 25.3 Å². The summed E-state index contributed by atoms with van der Waals surface area (Å²) in [4.78, 5) is 28.8. The first-order chi connectivity index (χ1) is 22.0. The number of fused-ring (bicyclic) bond motifs is 1. The van der Waals surface area contributed by atoms with Crippen molar-refractivity contribution in [2.45, 2.75) is 43.8 Å². The normalized spacial score (nSPS) is 15.9. The van der Waals surface area contributed by atoms with Crippen LogP contribution in [0.15, 0.2) is 65.6 Å². The molecule has 1 aliphatic carbocycles. The van der Waals surface area contributed by atoms with E-state index in [1.165, 1.54) is 34.4 Å². The highest BCUT2D eigenvalue weighted by molar-refractivity contribution is 6.21. The van der Waals surface area contributed by atoms with Crippen LogP contribution in [0.2, 0.25) is 0 Å². The van der Waals surface area contributed by atoms with E-state index < -0.39 is 45.3 Å². The number of alkyl halides is 3. The number of piperazine rings is 1. The van der Waals surface area contributed by atoms with Gasteiger partial charge in [0.1, 0.15) is 22.6 Å². The number of aromatic carboxylic acids is 1. The predicted molar refractivity (Wildman–Crippen MR) is 168 cm³/mol. The smallest absolute Gasteiger partial charge is 0.477 e. The van der Waals surface area contributed by atoms with Gasteiger partial charge < -0.3 is 29.5 Å². The number of nitrogens with zero attached hydrogens (tertiary/aromatic N) is 3. The number of carboxylic acid groups (broad SMARTS) is 1. The SMILES string of the molecule is O=C(O)c1cn(-c2ccc(CNC3CCCC3)cc2)c2c(OC(F)(F)Cl)c(N3CCN(c4ccc(F)cc4)CC3)c(F)cc2c1=O. The fourth-order valence-electron chi connectivity index (χ4n) is 6.29. The summed E-state index contributed by atoms with van der Waals surface area (Å²) in [7, 11) is 0. The van der Waals surface area contributed by atoms with Crippen molar-refractivity contribution >= 4 is 39.8 Å². The molecule has 2 heterocycles. The first-order valence-corrected chi connectivity index (χ1v) is 15.4. The molecule has 1 saturated carbocycles. The maximum absolute atomic E-state index is 15.9. The van der Waals surface area contributed by atoms with Crippen molar-refractivity contribution in [1.82, 2.24) is 9.88 Å². The molecule has 6 rings (SSSR count). The fourth-order valence-corrected chi connectivity index (χ4v) is 6.36. The van der Waals surface area contributed by atoms with Gasteiger partial charge in [0.25, 0.3) is 0 Å². The topological polar surface area (TPSA) is 87.0 Å². The Kier molecular flexibility index (Phi) is 8.84. The van der Waals surface area contributed by atoms with Crippen molar-refractivity contribution in [3.8, 4) is 11.4 Å². The first-order valence-electron chi connectivity index (χ1n) is 15.0. The maximum atomic E-state index is 15.9. The second-order valence-corrected chi connectivity index (χ2v) is 11.9. The lowest BCUT2D eigenvalue weighted by Gasteiger charge is -2.38. The number of benzene rings is 3. The lowest BCUT2D eigenvalue weighted by molar-refractivity contribution is -0.0955. The minimum absolute atomic E-state index is 0.157. The Morgan fingerprint density at radius 2 is 1.57 bits per heavy atom. The number of halogens is 5. The summed E-state index contributed by atoms with van der Waals surface area (Å²) in [6.45, 7) is 1.58. The number of hydrogen-bond donors (Lipinski definition) is 2. The molecule has 2 aliphatic rings. The summed E-state index contributed by atoms with van der Waals surface area (Å²) in [6, 6.07) is 14.1. The molecular weight excluding hydrogens is 628 g/mol. The van der Waals surface area contributed by atoms with Gasteiger partial charge in [0.05, 0.1) is 5.39 Å². The molecule has 0 radical (unpaired) electrons. The molecule has 1 aliphatic heterocycles. The minimum atomic E-state index is -4.30. The molecule has 2 fully saturated rings. The first kappa shape index (κ1) is 31.7. The molecule has 242 valence electrons. The zero-order chi connectivity index (χ0) is 32.6. The van der Waals surface area contributed by atoms with Gasteiger partial charge in [-0.05, 0) is 60.9 Å². The Hall–Kier alpha value is -4.29. The van der Waals surface area contributed by atoms with Crippen LogP contribution in [0.5, 0.6) is 5.75 Å². The number of aromatic nitrogens is 1. The predicted octanol–water partition coefficient (Wildman–Crippen LogP) is 6.49. The van der Waals surface area contributed by atoms with Crippen molar-refractivity contribution in [3.63, 3.8) is 0 Å². The van der Waals surface area contributed by atoms with E-state index in [4.69, 9.17) is 16.3 Å². The number of carbonyl (C=O) groups is 1. The van der Waals surface area contributed by atoms with Crippen molar-refractivity contribution in [3.05, 3.63) is 93.8 Å². The molecule has 13 heteroatoms. The lowest BCUT2D eigenvalue weighted by atomic mass is 10.1. The van der Waals surface area contributed by atoms with Gasteiger partial charge in [-0.3, -0.25) is 4.79 Å². The van der Waals surface area contributed by atoms with Crippen molar-refractivity contribution < 1.29 is 32.2 Å². The van der Waals surface area contributed by atoms with Gasteiger partial charge in [-0.25, -0.2) is 13.6 Å². The standard InChI is InChI=1S/C33H31ClF4N4O4/c34-33(37,38)46-31-28-25(17-27(36)29(31)41-15-13-40(14-16-41)23-11-7-21(35)8-12-23)30(43)26(32(44)45)19-42(28)24-9-5-20(6-10-24)18-39-22-3-1-2-4-22/h5-12,17,19,22,39H,1-4,13-16,18H2,(H,44,45). The molecule has 0 amide bonds. The highest BCUT2D eigenvalue weighted by Crippen LogP contribution is 2.43. The Bertz CT molecular complexity index is 1800. The molecule has 3 aromatic carbocycles. The fraction of sp³-hybridized carbons (Fsp3) is 0.333. The molecule has 0 atom stereocenters. The average molecular weight is 659 g/mol. The number of anilines is 2. The Labute approximate surface area is 266 Å². The monoisotopic (exact) mass is 658 g/mol. The average Bonchev–Trinajstić information content (AvgIpc) is 3.55. The summed E-state index contributed by atoms with van der Waals surface area (Å²) in [5.41, 5.74) is -4.64. The Morgan fingerprint density at radius 1 is 0.957 bits per heavy atom. The highest BCUT2D eigenvalue weighted by atomic mass is 35.5. The molecule has 8 nitrogen and oxygen atoms in total. The van der Waals surface area contributed by atoms with Crippen LogP contribution in [0.4, 0.5) is 28.9 Å². The van der Waals surface area contributed by atoms with E-state index in [2.05, 4.69) is 5.32 Å². The maximum Gasteiger partial charge on any atom is 0.487 e. The van der Waals surface area contributed by atoms with E-state index in [9.17, 15) is 27.9 Å². The zero-order valence-electron chi connectivity index (χ0n) is 24.6. The van der Waals surface area contributed by atoms with Gasteiger partial charge in [0.15, 0.2) is 11.6 Å². The summed E-state index contributed by atoms with van der Waals surface area (Å²) in [6.07, 6.45) is 5.59. The van der Waals surface area contributed by atoms with Crippen LogP contribution in [0.3, 0.4) is 0 Å². The summed E-state index contributed by atoms with van der Waals surface area (Å²) < 4.78 is 64.4. The third-order valence-electron chi connectivity index (χ3n) is 8.57. The molecule has 2 N–H and O–H groups in total. The van der Waals surface area contributed by atoms with Crippen LogP contribution in [-0.4, -0.2) is 53.4 Å². The quantitative estimate of drug-likeness (QED) is 0.157. The van der Waals surface area contributed by atoms with Crippen molar-refractivity contribution in [1.29, 1.82) is 0 Å². The van der Waals surface area contributed by atoms with Crippen LogP contribution in [0.1, 0.15) is 41.6 Å². The third kappa shape index (κ3) is 6.63. The molecular formula is C33H31ClF4N4O4. The number of nitrogens with one attached hydrogen (secondary N) is 1. The third-order valence-corrected chi connectivity index (χ3v) is 8.65. The van der Waals surface area contributed by atoms with E-state index in [0.29, 0.717) is 31.4 Å². The highest BCUT2D eigenvalue weighted by Gasteiger charge is 2.35. The molecule has 0 bridgehead atoms. The molecule has 1 saturated heterocycles. The molecule has 0 unspecified atom stereocenters. The van der Waals surface area contributed by atoms with Gasteiger partial charge in [-0.15, -0.1) is 8.78 Å². The zero-order valence-corrected chi connectivity index (χ0v) is 25.4. The molecule has 1 aromatic heterocycles. The van der Waals surface area contributed by atoms with Crippen molar-refractivity contribution in [2.75, 3.05) is 36.0 Å². The largest absolute Gasteiger partial charge is 0.487 e. The van der Waals surface area contributed by atoms with Crippen molar-refractivity contribution in [2.24, 2.45) is 0 Å². The van der Waals surface area contributed by atoms with Gasteiger partial charge in [-0.1, -0.05) is 25.0 Å². The lowest BCUT2D eigenvalue weighted by Crippen LogP contribution is -2.47.